The quantitative estimate of drug-likeness (QED) is 0.626. The molecule has 0 aliphatic rings. The Balaban J connectivity index is 2.37. The Morgan fingerprint density at radius 1 is 1.00 bits per heavy atom. The van der Waals surface area contributed by atoms with Gasteiger partial charge in [0.1, 0.15) is 11.5 Å². The summed E-state index contributed by atoms with van der Waals surface area (Å²) in [6.07, 6.45) is -3.43. The van der Waals surface area contributed by atoms with E-state index in [1.54, 1.807) is 0 Å². The number of halogens is 4. The molecule has 1 aromatic carbocycles. The third-order valence-corrected chi connectivity index (χ3v) is 2.39. The van der Waals surface area contributed by atoms with E-state index >= 15 is 0 Å². The number of anilines is 1. The zero-order valence-corrected chi connectivity index (χ0v) is 9.00. The zero-order chi connectivity index (χ0) is 13.3. The number of nitrogens with zero attached hydrogens (tertiary/aromatic N) is 1. The molecule has 0 fully saturated rings. The van der Waals surface area contributed by atoms with Gasteiger partial charge < -0.3 is 5.73 Å². The number of rotatable bonds is 1. The third-order valence-electron chi connectivity index (χ3n) is 2.39. The smallest absolute Gasteiger partial charge is 0.396 e. The van der Waals surface area contributed by atoms with Crippen molar-refractivity contribution in [3.63, 3.8) is 0 Å². The number of benzene rings is 1. The van der Waals surface area contributed by atoms with Crippen LogP contribution in [0.3, 0.4) is 0 Å². The molecular weight excluding hydrogens is 248 g/mol. The van der Waals surface area contributed by atoms with Gasteiger partial charge in [0.25, 0.3) is 0 Å². The molecule has 94 valence electrons. The second-order valence-corrected chi connectivity index (χ2v) is 3.67. The maximum Gasteiger partial charge on any atom is 0.433 e. The highest BCUT2D eigenvalue weighted by atomic mass is 19.4. The average molecular weight is 256 g/mol. The standard InChI is InChI=1S/C12H8F4N2/c13-9-5-7(1-3-10(9)17)8-2-4-11(18-6-8)12(14,15)16/h1-6H,17H2. The minimum absolute atomic E-state index is 0.0152. The van der Waals surface area contributed by atoms with Crippen molar-refractivity contribution in [1.29, 1.82) is 0 Å². The van der Waals surface area contributed by atoms with Crippen molar-refractivity contribution in [2.75, 3.05) is 5.73 Å². The SMILES string of the molecule is Nc1ccc(-c2ccc(C(F)(F)F)nc2)cc1F. The van der Waals surface area contributed by atoms with Gasteiger partial charge in [-0.05, 0) is 23.8 Å². The van der Waals surface area contributed by atoms with Crippen molar-refractivity contribution in [2.24, 2.45) is 0 Å². The van der Waals surface area contributed by atoms with Crippen LogP contribution in [0.2, 0.25) is 0 Å². The van der Waals surface area contributed by atoms with Crippen LogP contribution in [0.1, 0.15) is 5.69 Å². The van der Waals surface area contributed by atoms with E-state index in [1.807, 2.05) is 0 Å². The second-order valence-electron chi connectivity index (χ2n) is 3.67. The molecule has 1 heterocycles. The monoisotopic (exact) mass is 256 g/mol. The minimum Gasteiger partial charge on any atom is -0.396 e. The summed E-state index contributed by atoms with van der Waals surface area (Å²) >= 11 is 0. The van der Waals surface area contributed by atoms with Crippen LogP contribution in [0.4, 0.5) is 23.2 Å². The first-order valence-corrected chi connectivity index (χ1v) is 4.96. The summed E-state index contributed by atoms with van der Waals surface area (Å²) < 4.78 is 50.1. The molecule has 2 aromatic rings. The topological polar surface area (TPSA) is 38.9 Å². The van der Waals surface area contributed by atoms with Crippen LogP contribution in [0.25, 0.3) is 11.1 Å². The molecule has 0 saturated carbocycles. The van der Waals surface area contributed by atoms with E-state index in [4.69, 9.17) is 5.73 Å². The predicted octanol–water partition coefficient (Wildman–Crippen LogP) is 3.49. The summed E-state index contributed by atoms with van der Waals surface area (Å²) in [6.45, 7) is 0. The Bertz CT molecular complexity index is 561. The van der Waals surface area contributed by atoms with E-state index < -0.39 is 17.7 Å². The summed E-state index contributed by atoms with van der Waals surface area (Å²) in [6, 6.07) is 6.11. The van der Waals surface area contributed by atoms with E-state index in [0.717, 1.165) is 18.3 Å². The fourth-order valence-electron chi connectivity index (χ4n) is 1.44. The van der Waals surface area contributed by atoms with E-state index in [0.29, 0.717) is 11.1 Å². The first-order chi connectivity index (χ1) is 8.38. The van der Waals surface area contributed by atoms with Crippen LogP contribution in [0.15, 0.2) is 36.5 Å². The maximum absolute atomic E-state index is 13.2. The zero-order valence-electron chi connectivity index (χ0n) is 9.00. The average Bonchev–Trinajstić information content (AvgIpc) is 2.32. The van der Waals surface area contributed by atoms with Crippen molar-refractivity contribution >= 4 is 5.69 Å². The van der Waals surface area contributed by atoms with Gasteiger partial charge in [0.15, 0.2) is 0 Å². The minimum atomic E-state index is -4.48. The largest absolute Gasteiger partial charge is 0.433 e. The predicted molar refractivity (Wildman–Crippen MR) is 59.0 cm³/mol. The number of nitrogens with two attached hydrogens (primary N) is 1. The van der Waals surface area contributed by atoms with Crippen LogP contribution in [0, 0.1) is 5.82 Å². The van der Waals surface area contributed by atoms with Gasteiger partial charge in [0, 0.05) is 11.8 Å². The number of aromatic nitrogens is 1. The van der Waals surface area contributed by atoms with E-state index in [2.05, 4.69) is 4.98 Å². The lowest BCUT2D eigenvalue weighted by atomic mass is 10.1. The number of alkyl halides is 3. The van der Waals surface area contributed by atoms with Gasteiger partial charge in [-0.25, -0.2) is 4.39 Å². The van der Waals surface area contributed by atoms with Crippen molar-refractivity contribution in [2.45, 2.75) is 6.18 Å². The van der Waals surface area contributed by atoms with E-state index in [9.17, 15) is 17.6 Å². The molecule has 0 unspecified atom stereocenters. The molecule has 2 nitrogen and oxygen atoms in total. The molecule has 18 heavy (non-hydrogen) atoms. The molecule has 0 amide bonds. The summed E-state index contributed by atoms with van der Waals surface area (Å²) in [4.78, 5) is 3.30. The molecule has 6 heteroatoms. The van der Waals surface area contributed by atoms with Gasteiger partial charge >= 0.3 is 6.18 Å². The lowest BCUT2D eigenvalue weighted by Gasteiger charge is -2.07. The van der Waals surface area contributed by atoms with Gasteiger partial charge in [-0.1, -0.05) is 12.1 Å². The van der Waals surface area contributed by atoms with Gasteiger partial charge in [-0.15, -0.1) is 0 Å². The Morgan fingerprint density at radius 3 is 2.17 bits per heavy atom. The Kier molecular flexibility index (Phi) is 2.94. The molecule has 0 bridgehead atoms. The summed E-state index contributed by atoms with van der Waals surface area (Å²) in [5, 5.41) is 0. The van der Waals surface area contributed by atoms with Gasteiger partial charge in [-0.3, -0.25) is 4.98 Å². The van der Waals surface area contributed by atoms with E-state index in [1.165, 1.54) is 18.2 Å². The van der Waals surface area contributed by atoms with Crippen molar-refractivity contribution in [3.05, 3.63) is 48.0 Å². The van der Waals surface area contributed by atoms with Gasteiger partial charge in [-0.2, -0.15) is 13.2 Å². The third kappa shape index (κ3) is 2.42. The molecule has 0 aliphatic heterocycles. The molecular formula is C12H8F4N2. The number of pyridine rings is 1. The highest BCUT2D eigenvalue weighted by Gasteiger charge is 2.32. The second kappa shape index (κ2) is 4.29. The van der Waals surface area contributed by atoms with Crippen LogP contribution in [-0.2, 0) is 6.18 Å². The summed E-state index contributed by atoms with van der Waals surface area (Å²) in [5.41, 5.74) is 5.12. The molecule has 0 radical (unpaired) electrons. The first-order valence-electron chi connectivity index (χ1n) is 4.96. The lowest BCUT2D eigenvalue weighted by Crippen LogP contribution is -2.07. The van der Waals surface area contributed by atoms with Crippen LogP contribution in [0.5, 0.6) is 0 Å². The van der Waals surface area contributed by atoms with Gasteiger partial charge in [0.2, 0.25) is 0 Å². The molecule has 2 N–H and O–H groups in total. The lowest BCUT2D eigenvalue weighted by molar-refractivity contribution is -0.141. The number of hydrogen-bond acceptors (Lipinski definition) is 2. The maximum atomic E-state index is 13.2. The molecule has 1 aromatic heterocycles. The Morgan fingerprint density at radius 2 is 1.67 bits per heavy atom. The fourth-order valence-corrected chi connectivity index (χ4v) is 1.44. The molecule has 0 saturated heterocycles. The van der Waals surface area contributed by atoms with Crippen molar-refractivity contribution < 1.29 is 17.6 Å². The highest BCUT2D eigenvalue weighted by molar-refractivity contribution is 5.65. The van der Waals surface area contributed by atoms with Crippen LogP contribution < -0.4 is 5.73 Å². The van der Waals surface area contributed by atoms with Crippen molar-refractivity contribution in [1.82, 2.24) is 4.98 Å². The Hall–Kier alpha value is -2.11. The molecule has 0 aliphatic carbocycles. The molecule has 2 rings (SSSR count). The number of hydrogen-bond donors (Lipinski definition) is 1. The molecule has 0 spiro atoms. The van der Waals surface area contributed by atoms with Gasteiger partial charge in [0.05, 0.1) is 5.69 Å². The van der Waals surface area contributed by atoms with Crippen molar-refractivity contribution in [3.8, 4) is 11.1 Å². The van der Waals surface area contributed by atoms with Crippen LogP contribution >= 0.6 is 0 Å². The van der Waals surface area contributed by atoms with E-state index in [-0.39, 0.29) is 5.69 Å². The summed E-state index contributed by atoms with van der Waals surface area (Å²) in [5.74, 6) is -0.618. The Labute approximate surface area is 100 Å². The van der Waals surface area contributed by atoms with Crippen LogP contribution in [-0.4, -0.2) is 4.98 Å². The number of nitrogen functional groups attached to an aromatic ring is 1. The highest BCUT2D eigenvalue weighted by Crippen LogP contribution is 2.29. The summed E-state index contributed by atoms with van der Waals surface area (Å²) in [7, 11) is 0. The fraction of sp³-hybridized carbons (Fsp3) is 0.0833. The normalized spacial score (nSPS) is 11.6. The first kappa shape index (κ1) is 12.3. The molecule has 0 atom stereocenters.